The second-order valence-corrected chi connectivity index (χ2v) is 7.46. The average molecular weight is 419 g/mol. The molecule has 4 rings (SSSR count). The van der Waals surface area contributed by atoms with Crippen LogP contribution in [0.1, 0.15) is 38.3 Å². The van der Waals surface area contributed by atoms with Crippen LogP contribution in [0.25, 0.3) is 5.52 Å². The van der Waals surface area contributed by atoms with Crippen molar-refractivity contribution < 1.29 is 9.53 Å². The summed E-state index contributed by atoms with van der Waals surface area (Å²) in [5.74, 6) is -0.563. The number of nitriles is 1. The van der Waals surface area contributed by atoms with Gasteiger partial charge in [0.15, 0.2) is 0 Å². The SMILES string of the molecule is Cc1ccc(Cn2nc(C)c(C(=O)OCc3cn4ccccc4c3C#N)c2Cl)cc1. The minimum atomic E-state index is -0.563. The quantitative estimate of drug-likeness (QED) is 0.441. The van der Waals surface area contributed by atoms with E-state index < -0.39 is 5.97 Å². The van der Waals surface area contributed by atoms with Crippen LogP contribution in [0, 0.1) is 25.2 Å². The Morgan fingerprint density at radius 3 is 2.70 bits per heavy atom. The van der Waals surface area contributed by atoms with E-state index in [0.29, 0.717) is 23.4 Å². The Balaban J connectivity index is 1.54. The lowest BCUT2D eigenvalue weighted by Crippen LogP contribution is -2.07. The zero-order valence-corrected chi connectivity index (χ0v) is 17.3. The summed E-state index contributed by atoms with van der Waals surface area (Å²) in [6.07, 6.45) is 3.63. The highest BCUT2D eigenvalue weighted by atomic mass is 35.5. The molecule has 7 heteroatoms. The van der Waals surface area contributed by atoms with E-state index in [4.69, 9.17) is 16.3 Å². The Morgan fingerprint density at radius 2 is 1.97 bits per heavy atom. The molecule has 0 saturated heterocycles. The molecule has 0 bridgehead atoms. The number of pyridine rings is 1. The lowest BCUT2D eigenvalue weighted by molar-refractivity contribution is 0.0472. The summed E-state index contributed by atoms with van der Waals surface area (Å²) in [5.41, 5.74) is 4.83. The molecule has 30 heavy (non-hydrogen) atoms. The van der Waals surface area contributed by atoms with E-state index in [9.17, 15) is 10.1 Å². The van der Waals surface area contributed by atoms with Crippen LogP contribution in [0.3, 0.4) is 0 Å². The molecule has 150 valence electrons. The van der Waals surface area contributed by atoms with Crippen molar-refractivity contribution in [1.82, 2.24) is 14.2 Å². The molecule has 0 fully saturated rings. The Morgan fingerprint density at radius 1 is 1.20 bits per heavy atom. The minimum absolute atomic E-state index is 0.0255. The monoisotopic (exact) mass is 418 g/mol. The largest absolute Gasteiger partial charge is 0.457 e. The van der Waals surface area contributed by atoms with Gasteiger partial charge in [-0.1, -0.05) is 47.5 Å². The molecule has 0 N–H and O–H groups in total. The number of rotatable bonds is 5. The fourth-order valence-corrected chi connectivity index (χ4v) is 3.70. The van der Waals surface area contributed by atoms with Crippen molar-refractivity contribution in [2.75, 3.05) is 0 Å². The first-order valence-electron chi connectivity index (χ1n) is 9.42. The van der Waals surface area contributed by atoms with Crippen molar-refractivity contribution in [1.29, 1.82) is 5.26 Å². The van der Waals surface area contributed by atoms with Gasteiger partial charge >= 0.3 is 5.97 Å². The molecular formula is C23H19ClN4O2. The zero-order valence-electron chi connectivity index (χ0n) is 16.6. The number of aryl methyl sites for hydroxylation is 2. The first kappa shape index (κ1) is 19.7. The van der Waals surface area contributed by atoms with Gasteiger partial charge in [-0.2, -0.15) is 10.4 Å². The summed E-state index contributed by atoms with van der Waals surface area (Å²) < 4.78 is 8.91. The number of carbonyl (C=O) groups is 1. The average Bonchev–Trinajstić information content (AvgIpc) is 3.24. The van der Waals surface area contributed by atoms with E-state index in [0.717, 1.165) is 11.1 Å². The number of halogens is 1. The molecule has 4 aromatic rings. The van der Waals surface area contributed by atoms with Crippen molar-refractivity contribution in [2.45, 2.75) is 27.0 Å². The standard InChI is InChI=1S/C23H19ClN4O2/c1-15-6-8-17(9-7-15)12-28-22(24)21(16(2)26-28)23(29)30-14-18-13-27-10-4-3-5-20(27)19(18)11-25/h3-10,13H,12,14H2,1-2H3. The molecular weight excluding hydrogens is 400 g/mol. The maximum absolute atomic E-state index is 12.7. The Kier molecular flexibility index (Phi) is 5.30. The molecule has 0 saturated carbocycles. The summed E-state index contributed by atoms with van der Waals surface area (Å²) in [7, 11) is 0. The molecule has 6 nitrogen and oxygen atoms in total. The number of fused-ring (bicyclic) bond motifs is 1. The number of esters is 1. The van der Waals surface area contributed by atoms with Gasteiger partial charge in [0.25, 0.3) is 0 Å². The molecule has 1 aromatic carbocycles. The number of nitrogens with zero attached hydrogens (tertiary/aromatic N) is 4. The van der Waals surface area contributed by atoms with E-state index in [1.165, 1.54) is 5.56 Å². The maximum atomic E-state index is 12.7. The number of aromatic nitrogens is 3. The molecule has 0 atom stereocenters. The van der Waals surface area contributed by atoms with Crippen molar-refractivity contribution in [3.05, 3.63) is 93.5 Å². The first-order chi connectivity index (χ1) is 14.5. The van der Waals surface area contributed by atoms with Gasteiger partial charge in [-0.05, 0) is 31.5 Å². The van der Waals surface area contributed by atoms with Gasteiger partial charge in [0.05, 0.1) is 23.3 Å². The van der Waals surface area contributed by atoms with E-state index >= 15 is 0 Å². The summed E-state index contributed by atoms with van der Waals surface area (Å²) in [6, 6.07) is 15.8. The molecule has 0 radical (unpaired) electrons. The van der Waals surface area contributed by atoms with E-state index in [1.54, 1.807) is 17.8 Å². The molecule has 3 heterocycles. The first-order valence-corrected chi connectivity index (χ1v) is 9.80. The van der Waals surface area contributed by atoms with E-state index in [2.05, 4.69) is 11.2 Å². The van der Waals surface area contributed by atoms with Crippen LogP contribution in [0.15, 0.2) is 54.9 Å². The van der Waals surface area contributed by atoms with Crippen LogP contribution in [0.5, 0.6) is 0 Å². The van der Waals surface area contributed by atoms with E-state index in [-0.39, 0.29) is 17.3 Å². The van der Waals surface area contributed by atoms with Crippen LogP contribution in [-0.4, -0.2) is 20.2 Å². The number of hydrogen-bond acceptors (Lipinski definition) is 4. The summed E-state index contributed by atoms with van der Waals surface area (Å²) in [5, 5.41) is 14.1. The van der Waals surface area contributed by atoms with Crippen LogP contribution in [0.4, 0.5) is 0 Å². The maximum Gasteiger partial charge on any atom is 0.343 e. The normalized spacial score (nSPS) is 10.9. The predicted octanol–water partition coefficient (Wildman–Crippen LogP) is 4.68. The van der Waals surface area contributed by atoms with Crippen LogP contribution in [0.2, 0.25) is 5.15 Å². The number of hydrogen-bond donors (Lipinski definition) is 0. The molecule has 0 aliphatic rings. The van der Waals surface area contributed by atoms with E-state index in [1.807, 2.05) is 60.0 Å². The highest BCUT2D eigenvalue weighted by Crippen LogP contribution is 2.24. The van der Waals surface area contributed by atoms with Crippen LogP contribution >= 0.6 is 11.6 Å². The molecule has 0 aliphatic heterocycles. The van der Waals surface area contributed by atoms with Gasteiger partial charge in [0, 0.05) is 18.0 Å². The topological polar surface area (TPSA) is 72.3 Å². The number of ether oxygens (including phenoxy) is 1. The highest BCUT2D eigenvalue weighted by Gasteiger charge is 2.22. The minimum Gasteiger partial charge on any atom is -0.457 e. The summed E-state index contributed by atoms with van der Waals surface area (Å²) in [6.45, 7) is 4.18. The molecule has 3 aromatic heterocycles. The smallest absolute Gasteiger partial charge is 0.343 e. The fourth-order valence-electron chi connectivity index (χ4n) is 3.39. The zero-order chi connectivity index (χ0) is 21.3. The highest BCUT2D eigenvalue weighted by molar-refractivity contribution is 6.32. The summed E-state index contributed by atoms with van der Waals surface area (Å²) >= 11 is 6.45. The van der Waals surface area contributed by atoms with Crippen molar-refractivity contribution in [3.63, 3.8) is 0 Å². The third-order valence-corrected chi connectivity index (χ3v) is 5.34. The van der Waals surface area contributed by atoms with Crippen LogP contribution in [-0.2, 0) is 17.9 Å². The van der Waals surface area contributed by atoms with Gasteiger partial charge in [0.1, 0.15) is 23.4 Å². The number of benzene rings is 1. The molecule has 0 spiro atoms. The predicted molar refractivity (Wildman–Crippen MR) is 113 cm³/mol. The van der Waals surface area contributed by atoms with Crippen LogP contribution < -0.4 is 0 Å². The van der Waals surface area contributed by atoms with Gasteiger partial charge in [-0.15, -0.1) is 0 Å². The van der Waals surface area contributed by atoms with Gasteiger partial charge in [0.2, 0.25) is 0 Å². The Labute approximate surface area is 178 Å². The molecule has 0 aliphatic carbocycles. The number of carbonyl (C=O) groups excluding carboxylic acids is 1. The molecule has 0 amide bonds. The third kappa shape index (κ3) is 3.68. The van der Waals surface area contributed by atoms with Gasteiger partial charge in [-0.3, -0.25) is 0 Å². The van der Waals surface area contributed by atoms with Gasteiger partial charge in [-0.25, -0.2) is 9.48 Å². The lowest BCUT2D eigenvalue weighted by atomic mass is 10.1. The molecule has 0 unspecified atom stereocenters. The second-order valence-electron chi connectivity index (χ2n) is 7.10. The Bertz CT molecular complexity index is 1280. The third-order valence-electron chi connectivity index (χ3n) is 4.96. The van der Waals surface area contributed by atoms with Gasteiger partial charge < -0.3 is 9.14 Å². The van der Waals surface area contributed by atoms with Crippen molar-refractivity contribution in [3.8, 4) is 6.07 Å². The summed E-state index contributed by atoms with van der Waals surface area (Å²) in [4.78, 5) is 12.7. The van der Waals surface area contributed by atoms with Crippen molar-refractivity contribution >= 4 is 23.1 Å². The second kappa shape index (κ2) is 8.05. The lowest BCUT2D eigenvalue weighted by Gasteiger charge is -2.05. The fraction of sp³-hybridized carbons (Fsp3) is 0.174. The van der Waals surface area contributed by atoms with Crippen molar-refractivity contribution in [2.24, 2.45) is 0 Å². The Hall–Kier alpha value is -3.56.